The Morgan fingerprint density at radius 3 is 2.84 bits per heavy atom. The van der Waals surface area contributed by atoms with Gasteiger partial charge in [-0.1, -0.05) is 13.8 Å². The molecule has 0 radical (unpaired) electrons. The third-order valence-corrected chi connectivity index (χ3v) is 4.04. The molecule has 0 spiro atoms. The lowest BCUT2D eigenvalue weighted by Gasteiger charge is -2.13. The first kappa shape index (κ1) is 17.7. The van der Waals surface area contributed by atoms with Crippen molar-refractivity contribution < 1.29 is 9.47 Å². The molecule has 1 aliphatic carbocycles. The standard InChI is InChI=1S/C18H24N4O2S/c1-4-23-16-9-13(5-8-15(16)24-11-12(2)3)10-19-22-17(14-6-7-14)20-21-18(22)25/h5,8-10,12,14H,4,6-7,11H2,1-3H3,(H,21,25)/b19-10-. The fourth-order valence-corrected chi connectivity index (χ4v) is 2.58. The van der Waals surface area contributed by atoms with Crippen LogP contribution in [0.4, 0.5) is 0 Å². The van der Waals surface area contributed by atoms with Gasteiger partial charge in [-0.2, -0.15) is 14.9 Å². The molecule has 0 atom stereocenters. The maximum absolute atomic E-state index is 5.83. The van der Waals surface area contributed by atoms with Crippen molar-refractivity contribution in [2.45, 2.75) is 39.5 Å². The number of aromatic nitrogens is 3. The van der Waals surface area contributed by atoms with Crippen LogP contribution in [-0.4, -0.2) is 34.3 Å². The summed E-state index contributed by atoms with van der Waals surface area (Å²) in [6, 6.07) is 5.82. The van der Waals surface area contributed by atoms with E-state index >= 15 is 0 Å². The zero-order chi connectivity index (χ0) is 17.8. The summed E-state index contributed by atoms with van der Waals surface area (Å²) in [5.41, 5.74) is 0.921. The third-order valence-electron chi connectivity index (χ3n) is 3.78. The van der Waals surface area contributed by atoms with Crippen molar-refractivity contribution in [2.75, 3.05) is 13.2 Å². The fourth-order valence-electron chi connectivity index (χ4n) is 2.39. The topological polar surface area (TPSA) is 64.4 Å². The molecule has 25 heavy (non-hydrogen) atoms. The van der Waals surface area contributed by atoms with Gasteiger partial charge >= 0.3 is 0 Å². The number of rotatable bonds is 8. The van der Waals surface area contributed by atoms with Crippen molar-refractivity contribution in [3.63, 3.8) is 0 Å². The summed E-state index contributed by atoms with van der Waals surface area (Å²) in [4.78, 5) is 0. The van der Waals surface area contributed by atoms with Crippen LogP contribution < -0.4 is 9.47 Å². The van der Waals surface area contributed by atoms with Gasteiger partial charge in [0.1, 0.15) is 0 Å². The van der Waals surface area contributed by atoms with E-state index in [1.807, 2.05) is 25.1 Å². The molecule has 7 heteroatoms. The minimum absolute atomic E-state index is 0.458. The quantitative estimate of drug-likeness (QED) is 0.568. The molecule has 1 aromatic heterocycles. The van der Waals surface area contributed by atoms with Gasteiger partial charge in [0.05, 0.1) is 19.4 Å². The van der Waals surface area contributed by atoms with Gasteiger partial charge in [-0.3, -0.25) is 5.10 Å². The SMILES string of the molecule is CCOc1cc(/C=N\n2c(C3CC3)n[nH]c2=S)ccc1OCC(C)C. The van der Waals surface area contributed by atoms with E-state index < -0.39 is 0 Å². The first-order valence-corrected chi connectivity index (χ1v) is 9.10. The van der Waals surface area contributed by atoms with Gasteiger partial charge in [0.2, 0.25) is 4.77 Å². The van der Waals surface area contributed by atoms with Gasteiger partial charge in [-0.05, 0) is 61.7 Å². The van der Waals surface area contributed by atoms with E-state index in [0.29, 0.717) is 29.8 Å². The molecule has 1 aromatic carbocycles. The highest BCUT2D eigenvalue weighted by Gasteiger charge is 2.29. The molecule has 0 saturated heterocycles. The van der Waals surface area contributed by atoms with Gasteiger partial charge in [0.25, 0.3) is 0 Å². The number of hydrogen-bond acceptors (Lipinski definition) is 5. The Hall–Kier alpha value is -2.15. The van der Waals surface area contributed by atoms with Crippen LogP contribution in [0.3, 0.4) is 0 Å². The van der Waals surface area contributed by atoms with Gasteiger partial charge in [0, 0.05) is 5.92 Å². The van der Waals surface area contributed by atoms with Crippen LogP contribution in [0.5, 0.6) is 11.5 Å². The van der Waals surface area contributed by atoms with Crippen molar-refractivity contribution in [3.8, 4) is 11.5 Å². The molecule has 0 unspecified atom stereocenters. The lowest BCUT2D eigenvalue weighted by molar-refractivity contribution is 0.248. The van der Waals surface area contributed by atoms with E-state index in [4.69, 9.17) is 21.7 Å². The molecule has 134 valence electrons. The van der Waals surface area contributed by atoms with Gasteiger partial charge < -0.3 is 9.47 Å². The van der Waals surface area contributed by atoms with Crippen LogP contribution in [-0.2, 0) is 0 Å². The number of nitrogens with zero attached hydrogens (tertiary/aromatic N) is 3. The van der Waals surface area contributed by atoms with Gasteiger partial charge in [0.15, 0.2) is 17.3 Å². The van der Waals surface area contributed by atoms with E-state index in [2.05, 4.69) is 29.1 Å². The summed E-state index contributed by atoms with van der Waals surface area (Å²) in [6.45, 7) is 7.43. The minimum Gasteiger partial charge on any atom is -0.490 e. The number of H-pyrrole nitrogens is 1. The highest BCUT2D eigenvalue weighted by molar-refractivity contribution is 7.71. The highest BCUT2D eigenvalue weighted by Crippen LogP contribution is 2.38. The molecule has 3 rings (SSSR count). The summed E-state index contributed by atoms with van der Waals surface area (Å²) >= 11 is 5.27. The first-order valence-electron chi connectivity index (χ1n) is 8.69. The van der Waals surface area contributed by atoms with E-state index in [0.717, 1.165) is 35.7 Å². The summed E-state index contributed by atoms with van der Waals surface area (Å²) in [6.07, 6.45) is 4.06. The van der Waals surface area contributed by atoms with Crippen molar-refractivity contribution >= 4 is 18.4 Å². The lowest BCUT2D eigenvalue weighted by atomic mass is 10.2. The second-order valence-electron chi connectivity index (χ2n) is 6.56. The Morgan fingerprint density at radius 2 is 2.16 bits per heavy atom. The second-order valence-corrected chi connectivity index (χ2v) is 6.95. The molecular formula is C18H24N4O2S. The highest BCUT2D eigenvalue weighted by atomic mass is 32.1. The Balaban J connectivity index is 1.81. The van der Waals surface area contributed by atoms with Crippen LogP contribution in [0.25, 0.3) is 0 Å². The molecule has 1 fully saturated rings. The maximum Gasteiger partial charge on any atom is 0.216 e. The van der Waals surface area contributed by atoms with Crippen LogP contribution in [0.1, 0.15) is 50.9 Å². The Kier molecular flexibility index (Phi) is 5.53. The average Bonchev–Trinajstić information content (AvgIpc) is 3.36. The molecule has 0 amide bonds. The second kappa shape index (κ2) is 7.82. The maximum atomic E-state index is 5.83. The molecule has 1 aliphatic rings. The predicted molar refractivity (Wildman–Crippen MR) is 100 cm³/mol. The fraction of sp³-hybridized carbons (Fsp3) is 0.500. The molecule has 0 aliphatic heterocycles. The van der Waals surface area contributed by atoms with Crippen molar-refractivity contribution in [3.05, 3.63) is 34.4 Å². The third kappa shape index (κ3) is 4.48. The van der Waals surface area contributed by atoms with Crippen LogP contribution in [0, 0.1) is 10.7 Å². The molecule has 0 bridgehead atoms. The summed E-state index contributed by atoms with van der Waals surface area (Å²) in [5, 5.41) is 11.6. The zero-order valence-electron chi connectivity index (χ0n) is 14.9. The molecule has 1 heterocycles. The van der Waals surface area contributed by atoms with Crippen molar-refractivity contribution in [2.24, 2.45) is 11.0 Å². The monoisotopic (exact) mass is 360 g/mol. The summed E-state index contributed by atoms with van der Waals surface area (Å²) < 4.78 is 13.8. The predicted octanol–water partition coefficient (Wildman–Crippen LogP) is 4.13. The Morgan fingerprint density at radius 1 is 1.36 bits per heavy atom. The number of hydrogen-bond donors (Lipinski definition) is 1. The van der Waals surface area contributed by atoms with Crippen LogP contribution in [0.2, 0.25) is 0 Å². The smallest absolute Gasteiger partial charge is 0.216 e. The van der Waals surface area contributed by atoms with Gasteiger partial charge in [-0.25, -0.2) is 0 Å². The molecule has 1 saturated carbocycles. The van der Waals surface area contributed by atoms with E-state index in [9.17, 15) is 0 Å². The molecular weight excluding hydrogens is 336 g/mol. The van der Waals surface area contributed by atoms with Crippen molar-refractivity contribution in [1.29, 1.82) is 0 Å². The van der Waals surface area contributed by atoms with Crippen molar-refractivity contribution in [1.82, 2.24) is 14.9 Å². The average molecular weight is 360 g/mol. The Labute approximate surface area is 152 Å². The van der Waals surface area contributed by atoms with E-state index in [1.165, 1.54) is 0 Å². The number of nitrogens with one attached hydrogen (secondary N) is 1. The first-order chi connectivity index (χ1) is 12.1. The Bertz CT molecular complexity index is 806. The zero-order valence-corrected chi connectivity index (χ0v) is 15.7. The summed E-state index contributed by atoms with van der Waals surface area (Å²) in [7, 11) is 0. The van der Waals surface area contributed by atoms with Crippen LogP contribution in [0.15, 0.2) is 23.3 Å². The molecule has 1 N–H and O–H groups in total. The molecule has 6 nitrogen and oxygen atoms in total. The number of ether oxygens (including phenoxy) is 2. The minimum atomic E-state index is 0.458. The largest absolute Gasteiger partial charge is 0.490 e. The number of aromatic amines is 1. The number of benzene rings is 1. The lowest BCUT2D eigenvalue weighted by Crippen LogP contribution is -2.06. The van der Waals surface area contributed by atoms with E-state index in [1.54, 1.807) is 10.9 Å². The van der Waals surface area contributed by atoms with Crippen LogP contribution >= 0.6 is 12.2 Å². The van der Waals surface area contributed by atoms with Gasteiger partial charge in [-0.15, -0.1) is 0 Å². The normalized spacial score (nSPS) is 14.4. The van der Waals surface area contributed by atoms with E-state index in [-0.39, 0.29) is 0 Å². The summed E-state index contributed by atoms with van der Waals surface area (Å²) in [5.74, 6) is 3.31. The molecule has 2 aromatic rings.